The summed E-state index contributed by atoms with van der Waals surface area (Å²) in [4.78, 5) is 22.8. The number of esters is 2. The van der Waals surface area contributed by atoms with E-state index in [1.165, 1.54) is 38.5 Å². The van der Waals surface area contributed by atoms with E-state index in [-0.39, 0.29) is 13.2 Å². The van der Waals surface area contributed by atoms with E-state index >= 15 is 0 Å². The molecule has 0 spiro atoms. The third-order valence-corrected chi connectivity index (χ3v) is 3.91. The highest BCUT2D eigenvalue weighted by Crippen LogP contribution is 2.08. The van der Waals surface area contributed by atoms with E-state index in [0.29, 0.717) is 12.5 Å². The standard InChI is InChI=1S/C20H35FO4/c1-3-5-7-9-11-13-15-24-19(22)17-18(21)20(23)25-16-14-12-10-8-6-4-2/h17H,3-16H2,1-2H3/b18-17-. The lowest BCUT2D eigenvalue weighted by atomic mass is 10.1. The number of ether oxygens (including phenoxy) is 2. The molecule has 0 N–H and O–H groups in total. The summed E-state index contributed by atoms with van der Waals surface area (Å²) >= 11 is 0. The molecule has 0 heterocycles. The van der Waals surface area contributed by atoms with Crippen LogP contribution < -0.4 is 0 Å². The van der Waals surface area contributed by atoms with Gasteiger partial charge in [0.05, 0.1) is 19.3 Å². The number of hydrogen-bond acceptors (Lipinski definition) is 4. The Bertz CT molecular complexity index is 380. The predicted molar refractivity (Wildman–Crippen MR) is 97.9 cm³/mol. The molecule has 0 saturated carbocycles. The quantitative estimate of drug-likeness (QED) is 0.203. The number of carbonyl (C=O) groups excluding carboxylic acids is 2. The molecule has 0 aromatic carbocycles. The second kappa shape index (κ2) is 17.4. The molecule has 0 bridgehead atoms. The van der Waals surface area contributed by atoms with E-state index < -0.39 is 17.8 Å². The zero-order chi connectivity index (χ0) is 18.8. The van der Waals surface area contributed by atoms with Gasteiger partial charge in [-0.25, -0.2) is 9.59 Å². The van der Waals surface area contributed by atoms with E-state index in [1.54, 1.807) is 0 Å². The minimum Gasteiger partial charge on any atom is -0.462 e. The molecule has 0 aliphatic carbocycles. The molecule has 0 fully saturated rings. The van der Waals surface area contributed by atoms with Crippen LogP contribution in [0.3, 0.4) is 0 Å². The Hall–Kier alpha value is -1.39. The summed E-state index contributed by atoms with van der Waals surface area (Å²) in [7, 11) is 0. The molecule has 4 nitrogen and oxygen atoms in total. The zero-order valence-electron chi connectivity index (χ0n) is 16.0. The number of halogens is 1. The van der Waals surface area contributed by atoms with Gasteiger partial charge in [-0.15, -0.1) is 0 Å². The van der Waals surface area contributed by atoms with Gasteiger partial charge in [-0.1, -0.05) is 78.1 Å². The number of carbonyl (C=O) groups is 2. The van der Waals surface area contributed by atoms with Crippen molar-refractivity contribution < 1.29 is 23.5 Å². The first kappa shape index (κ1) is 23.6. The highest BCUT2D eigenvalue weighted by atomic mass is 19.1. The Morgan fingerprint density at radius 1 is 0.720 bits per heavy atom. The molecule has 0 aromatic heterocycles. The molecule has 0 atom stereocenters. The van der Waals surface area contributed by atoms with Crippen LogP contribution in [0.15, 0.2) is 11.9 Å². The van der Waals surface area contributed by atoms with Gasteiger partial charge < -0.3 is 9.47 Å². The second-order valence-electron chi connectivity index (χ2n) is 6.33. The van der Waals surface area contributed by atoms with Gasteiger partial charge in [0.25, 0.3) is 0 Å². The molecule has 25 heavy (non-hydrogen) atoms. The summed E-state index contributed by atoms with van der Waals surface area (Å²) < 4.78 is 23.2. The van der Waals surface area contributed by atoms with Gasteiger partial charge in [-0.3, -0.25) is 0 Å². The van der Waals surface area contributed by atoms with Crippen LogP contribution in [0.4, 0.5) is 4.39 Å². The van der Waals surface area contributed by atoms with E-state index in [0.717, 1.165) is 32.1 Å². The van der Waals surface area contributed by atoms with Crippen molar-refractivity contribution >= 4 is 11.9 Å². The second-order valence-corrected chi connectivity index (χ2v) is 6.33. The Balaban J connectivity index is 3.71. The maximum Gasteiger partial charge on any atom is 0.367 e. The van der Waals surface area contributed by atoms with Gasteiger partial charge in [0.15, 0.2) is 0 Å². The molecule has 0 radical (unpaired) electrons. The Kier molecular flexibility index (Phi) is 16.5. The van der Waals surface area contributed by atoms with Crippen molar-refractivity contribution in [1.29, 1.82) is 0 Å². The lowest BCUT2D eigenvalue weighted by molar-refractivity contribution is -0.143. The third kappa shape index (κ3) is 15.9. The monoisotopic (exact) mass is 358 g/mol. The third-order valence-electron chi connectivity index (χ3n) is 3.91. The van der Waals surface area contributed by atoms with Gasteiger partial charge in [0.2, 0.25) is 5.83 Å². The molecule has 0 rings (SSSR count). The van der Waals surface area contributed by atoms with Gasteiger partial charge in [-0.05, 0) is 12.8 Å². The smallest absolute Gasteiger partial charge is 0.367 e. The number of hydrogen-bond donors (Lipinski definition) is 0. The summed E-state index contributed by atoms with van der Waals surface area (Å²) in [6.45, 7) is 4.73. The Labute approximate surface area is 152 Å². The first-order valence-corrected chi connectivity index (χ1v) is 9.82. The fourth-order valence-corrected chi connectivity index (χ4v) is 2.38. The molecule has 0 unspecified atom stereocenters. The maximum atomic E-state index is 13.5. The summed E-state index contributed by atoms with van der Waals surface area (Å²) in [5.41, 5.74) is 0. The highest BCUT2D eigenvalue weighted by molar-refractivity contribution is 5.94. The van der Waals surface area contributed by atoms with Crippen LogP contribution in [0.1, 0.15) is 90.9 Å². The van der Waals surface area contributed by atoms with Crippen LogP contribution in [0.25, 0.3) is 0 Å². The fraction of sp³-hybridized carbons (Fsp3) is 0.800. The van der Waals surface area contributed by atoms with Gasteiger partial charge in [0.1, 0.15) is 0 Å². The number of unbranched alkanes of at least 4 members (excludes halogenated alkanes) is 10. The molecule has 0 aliphatic heterocycles. The maximum absolute atomic E-state index is 13.5. The van der Waals surface area contributed by atoms with Crippen molar-refractivity contribution in [3.8, 4) is 0 Å². The van der Waals surface area contributed by atoms with Crippen LogP contribution in [0, 0.1) is 0 Å². The first-order chi connectivity index (χ1) is 12.1. The van der Waals surface area contributed by atoms with Crippen molar-refractivity contribution in [2.75, 3.05) is 13.2 Å². The van der Waals surface area contributed by atoms with Crippen LogP contribution in [-0.2, 0) is 19.1 Å². The van der Waals surface area contributed by atoms with Crippen LogP contribution in [0.5, 0.6) is 0 Å². The van der Waals surface area contributed by atoms with Crippen LogP contribution >= 0.6 is 0 Å². The molecular formula is C20H35FO4. The Morgan fingerprint density at radius 3 is 1.68 bits per heavy atom. The molecule has 5 heteroatoms. The number of rotatable bonds is 16. The largest absolute Gasteiger partial charge is 0.462 e. The van der Waals surface area contributed by atoms with Crippen molar-refractivity contribution in [2.45, 2.75) is 90.9 Å². The molecule has 0 aliphatic rings. The van der Waals surface area contributed by atoms with Gasteiger partial charge in [0, 0.05) is 0 Å². The van der Waals surface area contributed by atoms with Crippen LogP contribution in [0.2, 0.25) is 0 Å². The summed E-state index contributed by atoms with van der Waals surface area (Å²) in [6.07, 6.45) is 13.3. The average Bonchev–Trinajstić information content (AvgIpc) is 2.59. The minimum atomic E-state index is -1.20. The molecule has 0 amide bonds. The predicted octanol–water partition coefficient (Wildman–Crippen LogP) is 5.65. The van der Waals surface area contributed by atoms with Gasteiger partial charge >= 0.3 is 11.9 Å². The lowest BCUT2D eigenvalue weighted by Gasteiger charge is -2.04. The molecule has 146 valence electrons. The van der Waals surface area contributed by atoms with E-state index in [4.69, 9.17) is 9.47 Å². The Morgan fingerprint density at radius 2 is 1.16 bits per heavy atom. The molecule has 0 saturated heterocycles. The minimum absolute atomic E-state index is 0.180. The normalized spacial score (nSPS) is 11.4. The lowest BCUT2D eigenvalue weighted by Crippen LogP contribution is -2.10. The van der Waals surface area contributed by atoms with Crippen molar-refractivity contribution in [1.82, 2.24) is 0 Å². The van der Waals surface area contributed by atoms with Gasteiger partial charge in [-0.2, -0.15) is 4.39 Å². The SMILES string of the molecule is CCCCCCCCOC(=O)/C=C(\F)C(=O)OCCCCCCCC. The average molecular weight is 358 g/mol. The fourth-order valence-electron chi connectivity index (χ4n) is 2.38. The summed E-state index contributed by atoms with van der Waals surface area (Å²) in [5.74, 6) is -3.12. The molecule has 0 aromatic rings. The van der Waals surface area contributed by atoms with Crippen molar-refractivity contribution in [3.05, 3.63) is 11.9 Å². The van der Waals surface area contributed by atoms with E-state index in [9.17, 15) is 14.0 Å². The molecular weight excluding hydrogens is 323 g/mol. The van der Waals surface area contributed by atoms with Crippen molar-refractivity contribution in [3.63, 3.8) is 0 Å². The van der Waals surface area contributed by atoms with E-state index in [1.807, 2.05) is 0 Å². The topological polar surface area (TPSA) is 52.6 Å². The highest BCUT2D eigenvalue weighted by Gasteiger charge is 2.13. The summed E-state index contributed by atoms with van der Waals surface area (Å²) in [5, 5.41) is 0. The van der Waals surface area contributed by atoms with Crippen LogP contribution in [-0.4, -0.2) is 25.2 Å². The first-order valence-electron chi connectivity index (χ1n) is 9.82. The van der Waals surface area contributed by atoms with E-state index in [2.05, 4.69) is 13.8 Å². The summed E-state index contributed by atoms with van der Waals surface area (Å²) in [6, 6.07) is 0. The zero-order valence-corrected chi connectivity index (χ0v) is 16.0. The van der Waals surface area contributed by atoms with Crippen molar-refractivity contribution in [2.24, 2.45) is 0 Å².